The molecule has 0 unspecified atom stereocenters. The second kappa shape index (κ2) is 9.82. The summed E-state index contributed by atoms with van der Waals surface area (Å²) in [7, 11) is 1.94. The number of carbonyl (C=O) groups is 1. The molecule has 2 heterocycles. The van der Waals surface area contributed by atoms with Crippen molar-refractivity contribution in [3.8, 4) is 11.4 Å². The van der Waals surface area contributed by atoms with E-state index in [-0.39, 0.29) is 5.91 Å². The van der Waals surface area contributed by atoms with E-state index in [9.17, 15) is 4.79 Å². The highest BCUT2D eigenvalue weighted by Gasteiger charge is 2.10. The predicted molar refractivity (Wildman–Crippen MR) is 107 cm³/mol. The molecule has 0 saturated carbocycles. The van der Waals surface area contributed by atoms with E-state index in [1.165, 1.54) is 11.1 Å². The summed E-state index contributed by atoms with van der Waals surface area (Å²) in [6.45, 7) is 8.57. The Morgan fingerprint density at radius 1 is 1.27 bits per heavy atom. The number of aryl methyl sites for hydroxylation is 1. The molecule has 1 N–H and O–H groups in total. The lowest BCUT2D eigenvalue weighted by atomic mass is 10.1. The van der Waals surface area contributed by atoms with Crippen LogP contribution in [0.2, 0.25) is 0 Å². The van der Waals surface area contributed by atoms with Crippen molar-refractivity contribution in [2.45, 2.75) is 27.2 Å². The van der Waals surface area contributed by atoms with Gasteiger partial charge < -0.3 is 5.32 Å². The number of hydrogen-bond donors (Lipinski definition) is 1. The van der Waals surface area contributed by atoms with Crippen LogP contribution in [-0.2, 0) is 11.2 Å². The van der Waals surface area contributed by atoms with Gasteiger partial charge in [-0.15, -0.1) is 0 Å². The van der Waals surface area contributed by atoms with Gasteiger partial charge in [0.2, 0.25) is 5.91 Å². The van der Waals surface area contributed by atoms with Crippen LogP contribution in [0.4, 0.5) is 0 Å². The maximum absolute atomic E-state index is 10.5. The summed E-state index contributed by atoms with van der Waals surface area (Å²) in [6, 6.07) is 10.4. The van der Waals surface area contributed by atoms with Crippen molar-refractivity contribution in [1.82, 2.24) is 20.2 Å². The van der Waals surface area contributed by atoms with Crippen molar-refractivity contribution in [3.05, 3.63) is 53.9 Å². The highest BCUT2D eigenvalue weighted by Crippen LogP contribution is 2.18. The summed E-state index contributed by atoms with van der Waals surface area (Å²) in [6.07, 6.45) is 4.93. The van der Waals surface area contributed by atoms with Crippen molar-refractivity contribution >= 4 is 11.5 Å². The molecule has 0 bridgehead atoms. The zero-order valence-electron chi connectivity index (χ0n) is 16.1. The van der Waals surface area contributed by atoms with Crippen LogP contribution in [-0.4, -0.2) is 47.5 Å². The normalized spacial score (nSPS) is 15.1. The molecule has 1 aliphatic rings. The van der Waals surface area contributed by atoms with E-state index in [4.69, 9.17) is 0 Å². The molecule has 1 aromatic carbocycles. The Morgan fingerprint density at radius 2 is 2.00 bits per heavy atom. The van der Waals surface area contributed by atoms with Crippen molar-refractivity contribution in [2.24, 2.45) is 0 Å². The summed E-state index contributed by atoms with van der Waals surface area (Å²) in [5.74, 6) is 0.926. The molecular formula is C21H28N4O. The molecule has 0 spiro atoms. The average molecular weight is 352 g/mol. The Labute approximate surface area is 156 Å². The predicted octanol–water partition coefficient (Wildman–Crippen LogP) is 3.18. The number of nitrogens with one attached hydrogen (secondary N) is 1. The van der Waals surface area contributed by atoms with Crippen LogP contribution in [0.3, 0.4) is 0 Å². The number of hydrogen-bond acceptors (Lipinski definition) is 4. The Bertz CT molecular complexity index is 753. The van der Waals surface area contributed by atoms with Crippen molar-refractivity contribution in [2.75, 3.05) is 26.7 Å². The van der Waals surface area contributed by atoms with Crippen molar-refractivity contribution < 1.29 is 4.79 Å². The number of likely N-dealkylation sites (N-methyl/N-ethyl adjacent to an activating group) is 1. The van der Waals surface area contributed by atoms with E-state index in [0.29, 0.717) is 6.54 Å². The van der Waals surface area contributed by atoms with Gasteiger partial charge in [0.05, 0.1) is 12.2 Å². The molecule has 1 fully saturated rings. The Morgan fingerprint density at radius 3 is 2.54 bits per heavy atom. The van der Waals surface area contributed by atoms with E-state index in [0.717, 1.165) is 36.6 Å². The van der Waals surface area contributed by atoms with E-state index in [2.05, 4.69) is 59.5 Å². The third-order valence-corrected chi connectivity index (χ3v) is 4.34. The summed E-state index contributed by atoms with van der Waals surface area (Å²) in [5, 5.41) is 2.73. The average Bonchev–Trinajstić information content (AvgIpc) is 2.68. The first kappa shape index (κ1) is 19.8. The largest absolute Gasteiger partial charge is 0.354 e. The van der Waals surface area contributed by atoms with Crippen LogP contribution in [0.5, 0.6) is 0 Å². The van der Waals surface area contributed by atoms with Crippen LogP contribution in [0.25, 0.3) is 17.0 Å². The molecule has 1 saturated heterocycles. The number of carbonyl (C=O) groups excluding carboxylic acids is 1. The number of allylic oxidation sites excluding steroid dienone is 2. The van der Waals surface area contributed by atoms with Gasteiger partial charge >= 0.3 is 0 Å². The second-order valence-electron chi connectivity index (χ2n) is 6.38. The summed E-state index contributed by atoms with van der Waals surface area (Å²) in [5.41, 5.74) is 4.56. The van der Waals surface area contributed by atoms with E-state index in [1.807, 2.05) is 31.1 Å². The Kier molecular flexibility index (Phi) is 7.48. The van der Waals surface area contributed by atoms with Gasteiger partial charge in [-0.2, -0.15) is 0 Å². The highest BCUT2D eigenvalue weighted by molar-refractivity contribution is 5.78. The van der Waals surface area contributed by atoms with Gasteiger partial charge in [-0.1, -0.05) is 37.3 Å². The fourth-order valence-corrected chi connectivity index (χ4v) is 2.52. The van der Waals surface area contributed by atoms with Gasteiger partial charge in [0.15, 0.2) is 5.82 Å². The van der Waals surface area contributed by atoms with E-state index < -0.39 is 0 Å². The number of aromatic nitrogens is 2. The molecule has 3 rings (SSSR count). The summed E-state index contributed by atoms with van der Waals surface area (Å²) >= 11 is 0. The minimum absolute atomic E-state index is 0.138. The molecule has 0 atom stereocenters. The zero-order valence-corrected chi connectivity index (χ0v) is 16.1. The lowest BCUT2D eigenvalue weighted by Crippen LogP contribution is -2.45. The monoisotopic (exact) mass is 352 g/mol. The maximum atomic E-state index is 10.5. The van der Waals surface area contributed by atoms with E-state index in [1.54, 1.807) is 0 Å². The van der Waals surface area contributed by atoms with Crippen LogP contribution < -0.4 is 5.32 Å². The fraction of sp³-hybridized carbons (Fsp3) is 0.381. The minimum Gasteiger partial charge on any atom is -0.354 e. The molecule has 0 aliphatic carbocycles. The molecule has 2 aromatic rings. The minimum atomic E-state index is 0.138. The molecule has 5 nitrogen and oxygen atoms in total. The molecule has 138 valence electrons. The lowest BCUT2D eigenvalue weighted by Gasteiger charge is -2.21. The van der Waals surface area contributed by atoms with Gasteiger partial charge in [0.1, 0.15) is 0 Å². The quantitative estimate of drug-likeness (QED) is 0.922. The topological polar surface area (TPSA) is 58.1 Å². The lowest BCUT2D eigenvalue weighted by molar-refractivity contribution is -0.123. The third kappa shape index (κ3) is 5.77. The first-order valence-corrected chi connectivity index (χ1v) is 9.04. The van der Waals surface area contributed by atoms with Gasteiger partial charge in [-0.25, -0.2) is 9.97 Å². The number of piperazine rings is 1. The summed E-state index contributed by atoms with van der Waals surface area (Å²) in [4.78, 5) is 21.5. The SMILES string of the molecule is C/C=C(\C)c1ccnc(-c2ccc(CC)cc2)n1.CN1CCNC(=O)C1. The number of amides is 1. The Balaban J connectivity index is 0.000000254. The van der Waals surface area contributed by atoms with E-state index >= 15 is 0 Å². The van der Waals surface area contributed by atoms with Crippen LogP contribution >= 0.6 is 0 Å². The van der Waals surface area contributed by atoms with Gasteiger partial charge in [-0.05, 0) is 44.5 Å². The Hall–Kier alpha value is -2.53. The van der Waals surface area contributed by atoms with Gasteiger partial charge in [0, 0.05) is 24.8 Å². The first-order valence-electron chi connectivity index (χ1n) is 9.04. The number of nitrogens with zero attached hydrogens (tertiary/aromatic N) is 3. The van der Waals surface area contributed by atoms with Gasteiger partial charge in [0.25, 0.3) is 0 Å². The molecule has 26 heavy (non-hydrogen) atoms. The highest BCUT2D eigenvalue weighted by atomic mass is 16.2. The first-order chi connectivity index (χ1) is 12.5. The molecule has 0 radical (unpaired) electrons. The van der Waals surface area contributed by atoms with Crippen molar-refractivity contribution in [3.63, 3.8) is 0 Å². The molecular weight excluding hydrogens is 324 g/mol. The smallest absolute Gasteiger partial charge is 0.234 e. The second-order valence-corrected chi connectivity index (χ2v) is 6.38. The third-order valence-electron chi connectivity index (χ3n) is 4.34. The standard InChI is InChI=1S/C16H18N2.C5H10N2O/c1-4-12(3)15-10-11-17-16(18-15)14-8-6-13(5-2)7-9-14;1-7-3-2-6-5(8)4-7/h4,6-11H,5H2,1-3H3;2-4H2,1H3,(H,6,8)/b12-4+;. The molecule has 5 heteroatoms. The van der Waals surface area contributed by atoms with Gasteiger partial charge in [-0.3, -0.25) is 9.69 Å². The van der Waals surface area contributed by atoms with Crippen molar-refractivity contribution in [1.29, 1.82) is 0 Å². The van der Waals surface area contributed by atoms with Crippen LogP contribution in [0.15, 0.2) is 42.6 Å². The maximum Gasteiger partial charge on any atom is 0.234 e. The van der Waals surface area contributed by atoms with Crippen LogP contribution in [0, 0.1) is 0 Å². The summed E-state index contributed by atoms with van der Waals surface area (Å²) < 4.78 is 0. The molecule has 1 aromatic heterocycles. The zero-order chi connectivity index (χ0) is 18.9. The molecule has 1 amide bonds. The fourth-order valence-electron chi connectivity index (χ4n) is 2.52. The molecule has 1 aliphatic heterocycles. The number of rotatable bonds is 3. The van der Waals surface area contributed by atoms with Crippen LogP contribution in [0.1, 0.15) is 32.0 Å². The number of benzene rings is 1.